The number of halogens is 1. The Kier molecular flexibility index (Phi) is 8.07. The number of thioether (sulfide) groups is 1. The third-order valence-electron chi connectivity index (χ3n) is 2.46. The normalized spacial score (nSPS) is 11.6. The highest BCUT2D eigenvalue weighted by Gasteiger charge is 2.07. The fourth-order valence-electron chi connectivity index (χ4n) is 1.38. The van der Waals surface area contributed by atoms with Crippen LogP contribution in [0.3, 0.4) is 0 Å². The summed E-state index contributed by atoms with van der Waals surface area (Å²) in [4.78, 5) is 12.8. The number of hydrogen-bond acceptors (Lipinski definition) is 3. The lowest BCUT2D eigenvalue weighted by molar-refractivity contribution is -0.119. The van der Waals surface area contributed by atoms with Crippen molar-refractivity contribution in [2.24, 2.45) is 5.73 Å². The zero-order chi connectivity index (χ0) is 12.8. The predicted molar refractivity (Wildman–Crippen MR) is 80.5 cm³/mol. The molecular formula is C13H21ClN2OS. The molecule has 1 atom stereocenters. The van der Waals surface area contributed by atoms with Gasteiger partial charge in [0.2, 0.25) is 5.91 Å². The van der Waals surface area contributed by atoms with E-state index in [4.69, 9.17) is 5.73 Å². The second-order valence-corrected chi connectivity index (χ2v) is 5.28. The minimum Gasteiger partial charge on any atom is -0.352 e. The maximum atomic E-state index is 11.6. The lowest BCUT2D eigenvalue weighted by Gasteiger charge is -2.11. The molecule has 0 saturated carbocycles. The summed E-state index contributed by atoms with van der Waals surface area (Å²) in [5.74, 6) is 0.475. The molecule has 102 valence electrons. The first-order valence-electron chi connectivity index (χ1n) is 5.72. The average molecular weight is 289 g/mol. The first-order valence-corrected chi connectivity index (χ1v) is 6.71. The maximum Gasteiger partial charge on any atom is 0.230 e. The highest BCUT2D eigenvalue weighted by molar-refractivity contribution is 8.00. The van der Waals surface area contributed by atoms with Crippen molar-refractivity contribution in [2.75, 3.05) is 12.3 Å². The molecule has 18 heavy (non-hydrogen) atoms. The monoisotopic (exact) mass is 288 g/mol. The lowest BCUT2D eigenvalue weighted by atomic mass is 10.2. The summed E-state index contributed by atoms with van der Waals surface area (Å²) in [6.07, 6.45) is 0. The Morgan fingerprint density at radius 3 is 2.72 bits per heavy atom. The van der Waals surface area contributed by atoms with Crippen LogP contribution in [-0.4, -0.2) is 24.2 Å². The summed E-state index contributed by atoms with van der Waals surface area (Å²) in [6, 6.07) is 6.31. The Bertz CT molecular complexity index is 399. The smallest absolute Gasteiger partial charge is 0.230 e. The minimum absolute atomic E-state index is 0. The Morgan fingerprint density at radius 1 is 1.44 bits per heavy atom. The fourth-order valence-corrected chi connectivity index (χ4v) is 2.32. The van der Waals surface area contributed by atoms with Gasteiger partial charge in [-0.15, -0.1) is 24.2 Å². The maximum absolute atomic E-state index is 11.6. The Balaban J connectivity index is 0.00000289. The second-order valence-electron chi connectivity index (χ2n) is 4.26. The Hall–Kier alpha value is -0.710. The van der Waals surface area contributed by atoms with Gasteiger partial charge >= 0.3 is 0 Å². The van der Waals surface area contributed by atoms with Gasteiger partial charge in [0.1, 0.15) is 0 Å². The molecule has 1 amide bonds. The number of carbonyl (C=O) groups is 1. The summed E-state index contributed by atoms with van der Waals surface area (Å²) < 4.78 is 0. The van der Waals surface area contributed by atoms with Crippen molar-refractivity contribution in [3.63, 3.8) is 0 Å². The van der Waals surface area contributed by atoms with Crippen molar-refractivity contribution >= 4 is 30.1 Å². The zero-order valence-corrected chi connectivity index (χ0v) is 12.7. The summed E-state index contributed by atoms with van der Waals surface area (Å²) in [7, 11) is 0. The highest BCUT2D eigenvalue weighted by atomic mass is 35.5. The van der Waals surface area contributed by atoms with Gasteiger partial charge in [-0.2, -0.15) is 0 Å². The molecule has 0 saturated heterocycles. The van der Waals surface area contributed by atoms with Crippen LogP contribution in [0, 0.1) is 13.8 Å². The highest BCUT2D eigenvalue weighted by Crippen LogP contribution is 2.23. The summed E-state index contributed by atoms with van der Waals surface area (Å²) >= 11 is 1.57. The number of aryl methyl sites for hydroxylation is 2. The number of hydrogen-bond donors (Lipinski definition) is 2. The van der Waals surface area contributed by atoms with Crippen molar-refractivity contribution in [3.05, 3.63) is 29.3 Å². The largest absolute Gasteiger partial charge is 0.352 e. The van der Waals surface area contributed by atoms with Crippen molar-refractivity contribution in [1.29, 1.82) is 0 Å². The van der Waals surface area contributed by atoms with Crippen LogP contribution >= 0.6 is 24.2 Å². The van der Waals surface area contributed by atoms with E-state index in [1.54, 1.807) is 11.8 Å². The van der Waals surface area contributed by atoms with E-state index in [0.29, 0.717) is 12.3 Å². The molecule has 0 bridgehead atoms. The van der Waals surface area contributed by atoms with E-state index in [0.717, 1.165) is 0 Å². The number of nitrogens with two attached hydrogens (primary N) is 1. The molecule has 0 aliphatic carbocycles. The molecule has 0 spiro atoms. The number of carbonyl (C=O) groups excluding carboxylic acids is 1. The van der Waals surface area contributed by atoms with E-state index >= 15 is 0 Å². The van der Waals surface area contributed by atoms with Crippen LogP contribution in [0.1, 0.15) is 18.1 Å². The van der Waals surface area contributed by atoms with Gasteiger partial charge in [-0.3, -0.25) is 4.79 Å². The molecule has 0 unspecified atom stereocenters. The molecule has 3 N–H and O–H groups in total. The predicted octanol–water partition coefficient (Wildman–Crippen LogP) is 2.28. The van der Waals surface area contributed by atoms with Gasteiger partial charge in [-0.1, -0.05) is 17.7 Å². The van der Waals surface area contributed by atoms with E-state index in [1.165, 1.54) is 16.0 Å². The lowest BCUT2D eigenvalue weighted by Crippen LogP contribution is -2.38. The van der Waals surface area contributed by atoms with Crippen molar-refractivity contribution < 1.29 is 4.79 Å². The molecule has 0 heterocycles. The van der Waals surface area contributed by atoms with Gasteiger partial charge in [0.15, 0.2) is 0 Å². The van der Waals surface area contributed by atoms with Crippen LogP contribution in [0.2, 0.25) is 0 Å². The number of nitrogens with one attached hydrogen (secondary N) is 1. The molecule has 1 aromatic rings. The topological polar surface area (TPSA) is 55.1 Å². The second kappa shape index (κ2) is 8.40. The molecule has 3 nitrogen and oxygen atoms in total. The van der Waals surface area contributed by atoms with Crippen molar-refractivity contribution in [2.45, 2.75) is 31.7 Å². The molecule has 0 aliphatic rings. The van der Waals surface area contributed by atoms with Crippen molar-refractivity contribution in [3.8, 4) is 0 Å². The van der Waals surface area contributed by atoms with Gasteiger partial charge in [0.05, 0.1) is 5.75 Å². The molecular weight excluding hydrogens is 268 g/mol. The molecule has 5 heteroatoms. The third kappa shape index (κ3) is 5.76. The van der Waals surface area contributed by atoms with Crippen LogP contribution in [0.4, 0.5) is 0 Å². The minimum atomic E-state index is 0. The SMILES string of the molecule is Cc1ccc(C)c(SCC(=O)N[C@@H](C)CN)c1.Cl. The number of rotatable bonds is 5. The van der Waals surface area contributed by atoms with Crippen LogP contribution in [0.5, 0.6) is 0 Å². The Labute approximate surface area is 119 Å². The van der Waals surface area contributed by atoms with Crippen LogP contribution < -0.4 is 11.1 Å². The van der Waals surface area contributed by atoms with E-state index in [2.05, 4.69) is 37.4 Å². The number of amides is 1. The van der Waals surface area contributed by atoms with E-state index < -0.39 is 0 Å². The molecule has 0 aromatic heterocycles. The van der Waals surface area contributed by atoms with Crippen LogP contribution in [0.25, 0.3) is 0 Å². The average Bonchev–Trinajstić information content (AvgIpc) is 2.30. The van der Waals surface area contributed by atoms with Crippen LogP contribution in [0.15, 0.2) is 23.1 Å². The standard InChI is InChI=1S/C13H20N2OS.ClH/c1-9-4-5-10(2)12(6-9)17-8-13(16)15-11(3)7-14;/h4-6,11H,7-8,14H2,1-3H3,(H,15,16);1H/t11-;/m0./s1. The van der Waals surface area contributed by atoms with Crippen molar-refractivity contribution in [1.82, 2.24) is 5.32 Å². The number of benzene rings is 1. The molecule has 0 aliphatic heterocycles. The van der Waals surface area contributed by atoms with Gasteiger partial charge in [0, 0.05) is 17.5 Å². The third-order valence-corrected chi connectivity index (χ3v) is 3.62. The molecule has 0 radical (unpaired) electrons. The zero-order valence-electron chi connectivity index (χ0n) is 11.0. The van der Waals surface area contributed by atoms with Crippen LogP contribution in [-0.2, 0) is 4.79 Å². The molecule has 1 rings (SSSR count). The molecule has 0 fully saturated rings. The summed E-state index contributed by atoms with van der Waals surface area (Å²) in [6.45, 7) is 6.49. The van der Waals surface area contributed by atoms with E-state index in [1.807, 2.05) is 6.92 Å². The van der Waals surface area contributed by atoms with Gasteiger partial charge in [0.25, 0.3) is 0 Å². The first-order chi connectivity index (χ1) is 8.02. The van der Waals surface area contributed by atoms with E-state index in [9.17, 15) is 4.79 Å². The summed E-state index contributed by atoms with van der Waals surface area (Å²) in [5.41, 5.74) is 7.88. The van der Waals surface area contributed by atoms with Gasteiger partial charge in [-0.25, -0.2) is 0 Å². The molecule has 1 aromatic carbocycles. The van der Waals surface area contributed by atoms with E-state index in [-0.39, 0.29) is 24.4 Å². The fraction of sp³-hybridized carbons (Fsp3) is 0.462. The first kappa shape index (κ1) is 17.3. The quantitative estimate of drug-likeness (QED) is 0.818. The van der Waals surface area contributed by atoms with Gasteiger partial charge in [-0.05, 0) is 32.4 Å². The van der Waals surface area contributed by atoms with Gasteiger partial charge < -0.3 is 11.1 Å². The summed E-state index contributed by atoms with van der Waals surface area (Å²) in [5, 5.41) is 2.85. The Morgan fingerprint density at radius 2 is 2.11 bits per heavy atom.